The monoisotopic (exact) mass is 217 g/mol. The van der Waals surface area contributed by atoms with Crippen molar-refractivity contribution in [1.82, 2.24) is 5.32 Å². The van der Waals surface area contributed by atoms with Crippen LogP contribution in [0.1, 0.15) is 0 Å². The average molecular weight is 217 g/mol. The van der Waals surface area contributed by atoms with E-state index in [0.29, 0.717) is 12.1 Å². The first-order chi connectivity index (χ1) is 7.28. The fourth-order valence-electron chi connectivity index (χ4n) is 2.65. The molecule has 1 aliphatic carbocycles. The number of nitrogens with one attached hydrogen (secondary N) is 1. The first-order valence-electron chi connectivity index (χ1n) is 5.15. The van der Waals surface area contributed by atoms with E-state index in [1.807, 2.05) is 0 Å². The number of methoxy groups -OCH3 is 4. The van der Waals surface area contributed by atoms with E-state index in [-0.39, 0.29) is 24.4 Å². The summed E-state index contributed by atoms with van der Waals surface area (Å²) in [6, 6.07) is 0.660. The summed E-state index contributed by atoms with van der Waals surface area (Å²) in [4.78, 5) is 0. The van der Waals surface area contributed by atoms with Crippen LogP contribution in [-0.2, 0) is 18.9 Å². The third-order valence-corrected chi connectivity index (χ3v) is 3.43. The molecule has 5 heteroatoms. The van der Waals surface area contributed by atoms with E-state index in [1.54, 1.807) is 28.4 Å². The van der Waals surface area contributed by atoms with Crippen molar-refractivity contribution in [1.29, 1.82) is 0 Å². The summed E-state index contributed by atoms with van der Waals surface area (Å²) in [5.74, 6) is 0. The van der Waals surface area contributed by atoms with Crippen molar-refractivity contribution in [2.45, 2.75) is 36.5 Å². The molecule has 6 atom stereocenters. The van der Waals surface area contributed by atoms with Crippen LogP contribution in [-0.4, -0.2) is 64.9 Å². The largest absolute Gasteiger partial charge is 0.377 e. The highest BCUT2D eigenvalue weighted by Crippen LogP contribution is 2.36. The van der Waals surface area contributed by atoms with Gasteiger partial charge in [0.05, 0.1) is 12.1 Å². The molecular weight excluding hydrogens is 198 g/mol. The lowest BCUT2D eigenvalue weighted by Gasteiger charge is -2.38. The van der Waals surface area contributed by atoms with E-state index in [2.05, 4.69) is 5.32 Å². The number of rotatable bonds is 4. The Morgan fingerprint density at radius 2 is 0.933 bits per heavy atom. The molecule has 0 amide bonds. The minimum absolute atomic E-state index is 0.0383. The van der Waals surface area contributed by atoms with Gasteiger partial charge in [-0.25, -0.2) is 0 Å². The maximum atomic E-state index is 5.46. The maximum Gasteiger partial charge on any atom is 0.114 e. The molecule has 2 rings (SSSR count). The Labute approximate surface area is 90.0 Å². The molecule has 15 heavy (non-hydrogen) atoms. The fourth-order valence-corrected chi connectivity index (χ4v) is 2.65. The van der Waals surface area contributed by atoms with Gasteiger partial charge >= 0.3 is 0 Å². The molecule has 4 unspecified atom stereocenters. The summed E-state index contributed by atoms with van der Waals surface area (Å²) in [6.07, 6.45) is -0.0879. The van der Waals surface area contributed by atoms with Crippen molar-refractivity contribution in [2.24, 2.45) is 0 Å². The Bertz CT molecular complexity index is 203. The van der Waals surface area contributed by atoms with Gasteiger partial charge in [-0.05, 0) is 0 Å². The van der Waals surface area contributed by atoms with Crippen LogP contribution >= 0.6 is 0 Å². The molecule has 88 valence electrons. The summed E-state index contributed by atoms with van der Waals surface area (Å²) in [7, 11) is 6.76. The predicted octanol–water partition coefficient (Wildman–Crippen LogP) is -0.600. The minimum Gasteiger partial charge on any atom is -0.377 e. The SMILES string of the molecule is COC1C(OC)C(OC)[C@@H]2N[C@@H]2C1OC. The zero-order valence-corrected chi connectivity index (χ0v) is 9.60. The van der Waals surface area contributed by atoms with Crippen molar-refractivity contribution in [3.63, 3.8) is 0 Å². The third kappa shape index (κ3) is 1.68. The van der Waals surface area contributed by atoms with Crippen molar-refractivity contribution in [3.05, 3.63) is 0 Å². The average Bonchev–Trinajstić information content (AvgIpc) is 3.04. The molecule has 1 N–H and O–H groups in total. The van der Waals surface area contributed by atoms with Crippen LogP contribution in [0.5, 0.6) is 0 Å². The molecule has 0 radical (unpaired) electrons. The van der Waals surface area contributed by atoms with Crippen molar-refractivity contribution < 1.29 is 18.9 Å². The Morgan fingerprint density at radius 1 is 0.600 bits per heavy atom. The van der Waals surface area contributed by atoms with Crippen LogP contribution < -0.4 is 5.32 Å². The standard InChI is InChI=1S/C10H19NO4/c1-12-7-5-6(11-5)8(13-2)10(15-4)9(7)14-3/h5-11H,1-4H3/t5-,6+,7?,8?,9?,10?. The Kier molecular flexibility index (Phi) is 3.27. The van der Waals surface area contributed by atoms with Crippen molar-refractivity contribution in [3.8, 4) is 0 Å². The van der Waals surface area contributed by atoms with Crippen molar-refractivity contribution >= 4 is 0 Å². The Morgan fingerprint density at radius 3 is 1.20 bits per heavy atom. The Hall–Kier alpha value is -0.200. The van der Waals surface area contributed by atoms with E-state index in [9.17, 15) is 0 Å². The molecule has 0 aromatic rings. The lowest BCUT2D eigenvalue weighted by atomic mass is 9.89. The molecule has 1 saturated carbocycles. The zero-order valence-electron chi connectivity index (χ0n) is 9.60. The summed E-state index contributed by atoms with van der Waals surface area (Å²) >= 11 is 0. The fraction of sp³-hybridized carbons (Fsp3) is 1.00. The summed E-state index contributed by atoms with van der Waals surface area (Å²) in [6.45, 7) is 0. The number of hydrogen-bond acceptors (Lipinski definition) is 5. The predicted molar refractivity (Wildman–Crippen MR) is 53.9 cm³/mol. The molecule has 0 aromatic carbocycles. The summed E-state index contributed by atoms with van der Waals surface area (Å²) < 4.78 is 21.8. The molecule has 0 spiro atoms. The van der Waals surface area contributed by atoms with Crippen LogP contribution in [0.15, 0.2) is 0 Å². The molecule has 2 fully saturated rings. The van der Waals surface area contributed by atoms with Gasteiger partial charge in [0.25, 0.3) is 0 Å². The van der Waals surface area contributed by atoms with Gasteiger partial charge in [0.1, 0.15) is 24.4 Å². The van der Waals surface area contributed by atoms with Gasteiger partial charge in [-0.2, -0.15) is 0 Å². The number of fused-ring (bicyclic) bond motifs is 1. The molecule has 1 saturated heterocycles. The zero-order chi connectivity index (χ0) is 11.0. The highest BCUT2D eigenvalue weighted by Gasteiger charge is 2.60. The van der Waals surface area contributed by atoms with E-state index in [0.717, 1.165) is 0 Å². The van der Waals surface area contributed by atoms with E-state index >= 15 is 0 Å². The van der Waals surface area contributed by atoms with Crippen LogP contribution in [0.25, 0.3) is 0 Å². The lowest BCUT2D eigenvalue weighted by molar-refractivity contribution is -0.163. The molecular formula is C10H19NO4. The normalized spacial score (nSPS) is 48.8. The Balaban J connectivity index is 2.15. The van der Waals surface area contributed by atoms with Crippen LogP contribution in [0.4, 0.5) is 0 Å². The van der Waals surface area contributed by atoms with Gasteiger partial charge < -0.3 is 24.3 Å². The second-order valence-electron chi connectivity index (χ2n) is 4.02. The first-order valence-corrected chi connectivity index (χ1v) is 5.15. The van der Waals surface area contributed by atoms with Gasteiger partial charge in [0.2, 0.25) is 0 Å². The highest BCUT2D eigenvalue weighted by molar-refractivity contribution is 5.17. The molecule has 5 nitrogen and oxygen atoms in total. The van der Waals surface area contributed by atoms with Gasteiger partial charge in [0, 0.05) is 28.4 Å². The van der Waals surface area contributed by atoms with Crippen LogP contribution in [0.3, 0.4) is 0 Å². The second kappa shape index (κ2) is 4.35. The van der Waals surface area contributed by atoms with Gasteiger partial charge in [-0.15, -0.1) is 0 Å². The van der Waals surface area contributed by atoms with Gasteiger partial charge in [-0.3, -0.25) is 0 Å². The topological polar surface area (TPSA) is 58.9 Å². The van der Waals surface area contributed by atoms with Crippen LogP contribution in [0.2, 0.25) is 0 Å². The number of hydrogen-bond donors (Lipinski definition) is 1. The number of ether oxygens (including phenoxy) is 4. The smallest absolute Gasteiger partial charge is 0.114 e. The highest BCUT2D eigenvalue weighted by atomic mass is 16.6. The molecule has 0 aromatic heterocycles. The maximum absolute atomic E-state index is 5.46. The van der Waals surface area contributed by atoms with Crippen molar-refractivity contribution in [2.75, 3.05) is 28.4 Å². The van der Waals surface area contributed by atoms with E-state index < -0.39 is 0 Å². The first kappa shape index (κ1) is 11.3. The summed E-state index contributed by atoms with van der Waals surface area (Å²) in [5, 5.41) is 3.35. The van der Waals surface area contributed by atoms with E-state index in [4.69, 9.17) is 18.9 Å². The quantitative estimate of drug-likeness (QED) is 0.637. The molecule has 1 aliphatic heterocycles. The third-order valence-electron chi connectivity index (χ3n) is 3.43. The lowest BCUT2D eigenvalue weighted by Crippen LogP contribution is -2.56. The molecule has 1 heterocycles. The van der Waals surface area contributed by atoms with Gasteiger partial charge in [0.15, 0.2) is 0 Å². The molecule has 2 aliphatic rings. The minimum atomic E-state index is -0.0822. The van der Waals surface area contributed by atoms with E-state index in [1.165, 1.54) is 0 Å². The molecule has 0 bridgehead atoms. The van der Waals surface area contributed by atoms with Crippen LogP contribution in [0, 0.1) is 0 Å². The van der Waals surface area contributed by atoms with Gasteiger partial charge in [-0.1, -0.05) is 0 Å². The summed E-state index contributed by atoms with van der Waals surface area (Å²) in [5.41, 5.74) is 0. The second-order valence-corrected chi connectivity index (χ2v) is 4.02.